The summed E-state index contributed by atoms with van der Waals surface area (Å²) in [6, 6.07) is 11.3. The fourth-order valence-corrected chi connectivity index (χ4v) is 4.37. The second kappa shape index (κ2) is 12.0. The molecule has 2 fully saturated rings. The predicted molar refractivity (Wildman–Crippen MR) is 144 cm³/mol. The standard InChI is InChI=1S/C25H35FN6.HI/c1-3-27-24(30-19-25(10-11-25)21-7-5-6-8-22(21)26)29-18-20-9-12-28-23(17-20)32-15-13-31(4-2)14-16-32;/h5-9,12,17H,3-4,10-11,13-16,18-19H2,1-2H3,(H2,27,29,30);1H. The van der Waals surface area contributed by atoms with Gasteiger partial charge in [-0.05, 0) is 55.6 Å². The smallest absolute Gasteiger partial charge is 0.191 e. The highest BCUT2D eigenvalue weighted by atomic mass is 127. The molecule has 33 heavy (non-hydrogen) atoms. The van der Waals surface area contributed by atoms with E-state index in [-0.39, 0.29) is 35.2 Å². The van der Waals surface area contributed by atoms with Gasteiger partial charge in [-0.15, -0.1) is 24.0 Å². The lowest BCUT2D eigenvalue weighted by atomic mass is 9.95. The van der Waals surface area contributed by atoms with Crippen molar-refractivity contribution >= 4 is 35.8 Å². The molecule has 2 heterocycles. The van der Waals surface area contributed by atoms with Crippen LogP contribution in [-0.4, -0.2) is 61.7 Å². The third-order valence-corrected chi connectivity index (χ3v) is 6.61. The molecule has 6 nitrogen and oxygen atoms in total. The SMILES string of the molecule is CCNC(=NCc1ccnc(N2CCN(CC)CC2)c1)NCC1(c2ccccc2F)CC1.I. The summed E-state index contributed by atoms with van der Waals surface area (Å²) >= 11 is 0. The number of aliphatic imine (C=N–C) groups is 1. The van der Waals surface area contributed by atoms with Crippen LogP contribution in [-0.2, 0) is 12.0 Å². The molecule has 8 heteroatoms. The second-order valence-electron chi connectivity index (χ2n) is 8.75. The molecular formula is C25H36FIN6. The molecule has 1 saturated heterocycles. The highest BCUT2D eigenvalue weighted by molar-refractivity contribution is 14.0. The van der Waals surface area contributed by atoms with Gasteiger partial charge in [0, 0.05) is 50.9 Å². The van der Waals surface area contributed by atoms with Crippen LogP contribution in [0.1, 0.15) is 37.8 Å². The number of aromatic nitrogens is 1. The summed E-state index contributed by atoms with van der Waals surface area (Å²) in [6.07, 6.45) is 3.88. The zero-order chi connectivity index (χ0) is 22.4. The molecule has 0 atom stereocenters. The maximum Gasteiger partial charge on any atom is 0.191 e. The number of halogens is 2. The highest BCUT2D eigenvalue weighted by Gasteiger charge is 2.45. The largest absolute Gasteiger partial charge is 0.357 e. The van der Waals surface area contributed by atoms with Crippen molar-refractivity contribution in [2.24, 2.45) is 4.99 Å². The quantitative estimate of drug-likeness (QED) is 0.290. The van der Waals surface area contributed by atoms with Gasteiger partial charge in [0.25, 0.3) is 0 Å². The first-order chi connectivity index (χ1) is 15.6. The highest BCUT2D eigenvalue weighted by Crippen LogP contribution is 2.48. The molecule has 0 bridgehead atoms. The second-order valence-corrected chi connectivity index (χ2v) is 8.75. The monoisotopic (exact) mass is 566 g/mol. The van der Waals surface area contributed by atoms with Crippen molar-refractivity contribution in [1.29, 1.82) is 0 Å². The van der Waals surface area contributed by atoms with Crippen LogP contribution in [0.5, 0.6) is 0 Å². The minimum Gasteiger partial charge on any atom is -0.357 e. The molecule has 4 rings (SSSR count). The van der Waals surface area contributed by atoms with E-state index in [0.29, 0.717) is 13.1 Å². The minimum absolute atomic E-state index is 0. The van der Waals surface area contributed by atoms with Crippen LogP contribution in [0.2, 0.25) is 0 Å². The number of guanidine groups is 1. The van der Waals surface area contributed by atoms with Gasteiger partial charge in [-0.2, -0.15) is 0 Å². The molecule has 180 valence electrons. The summed E-state index contributed by atoms with van der Waals surface area (Å²) < 4.78 is 14.3. The van der Waals surface area contributed by atoms with Crippen LogP contribution in [0.4, 0.5) is 10.2 Å². The first-order valence-corrected chi connectivity index (χ1v) is 11.8. The van der Waals surface area contributed by atoms with Gasteiger partial charge >= 0.3 is 0 Å². The van der Waals surface area contributed by atoms with E-state index in [1.165, 1.54) is 0 Å². The molecule has 1 aliphatic carbocycles. The minimum atomic E-state index is -0.119. The lowest BCUT2D eigenvalue weighted by molar-refractivity contribution is 0.270. The van der Waals surface area contributed by atoms with E-state index in [9.17, 15) is 4.39 Å². The van der Waals surface area contributed by atoms with Gasteiger partial charge in [-0.3, -0.25) is 0 Å². The third kappa shape index (κ3) is 6.56. The van der Waals surface area contributed by atoms with Crippen molar-refractivity contribution in [3.05, 3.63) is 59.5 Å². The lowest BCUT2D eigenvalue weighted by Gasteiger charge is -2.34. The maximum atomic E-state index is 14.3. The summed E-state index contributed by atoms with van der Waals surface area (Å²) in [5.41, 5.74) is 1.83. The fourth-order valence-electron chi connectivity index (χ4n) is 4.37. The maximum absolute atomic E-state index is 14.3. The number of hydrogen-bond acceptors (Lipinski definition) is 4. The van der Waals surface area contributed by atoms with E-state index in [1.54, 1.807) is 12.1 Å². The van der Waals surface area contributed by atoms with Gasteiger partial charge in [0.1, 0.15) is 11.6 Å². The molecule has 1 saturated carbocycles. The summed E-state index contributed by atoms with van der Waals surface area (Å²) in [4.78, 5) is 14.2. The molecule has 2 aliphatic rings. The molecule has 2 N–H and O–H groups in total. The zero-order valence-corrected chi connectivity index (χ0v) is 22.0. The Kier molecular flexibility index (Phi) is 9.31. The Bertz CT molecular complexity index is 925. The molecule has 0 amide bonds. The van der Waals surface area contributed by atoms with Crippen LogP contribution in [0.25, 0.3) is 0 Å². The molecule has 1 aliphatic heterocycles. The fraction of sp³-hybridized carbons (Fsp3) is 0.520. The summed E-state index contributed by atoms with van der Waals surface area (Å²) in [7, 11) is 0. The van der Waals surface area contributed by atoms with Gasteiger partial charge in [0.15, 0.2) is 5.96 Å². The van der Waals surface area contributed by atoms with Crippen LogP contribution in [0.3, 0.4) is 0 Å². The molecule has 0 spiro atoms. The summed E-state index contributed by atoms with van der Waals surface area (Å²) in [5.74, 6) is 1.69. The number of nitrogens with one attached hydrogen (secondary N) is 2. The average molecular weight is 567 g/mol. The van der Waals surface area contributed by atoms with Crippen LogP contribution in [0.15, 0.2) is 47.6 Å². The van der Waals surface area contributed by atoms with E-state index in [2.05, 4.69) is 45.3 Å². The van der Waals surface area contributed by atoms with Gasteiger partial charge in [0.2, 0.25) is 0 Å². The Morgan fingerprint density at radius 1 is 1.09 bits per heavy atom. The zero-order valence-electron chi connectivity index (χ0n) is 19.7. The molecule has 0 radical (unpaired) electrons. The molecule has 2 aromatic rings. The Balaban J connectivity index is 0.00000306. The van der Waals surface area contributed by atoms with Crippen molar-refractivity contribution in [3.8, 4) is 0 Å². The normalized spacial score (nSPS) is 17.9. The Labute approximate surface area is 214 Å². The van der Waals surface area contributed by atoms with Crippen molar-refractivity contribution in [2.75, 3.05) is 50.7 Å². The number of piperazine rings is 1. The van der Waals surface area contributed by atoms with Gasteiger partial charge in [0.05, 0.1) is 6.54 Å². The number of hydrogen-bond donors (Lipinski definition) is 2. The van der Waals surface area contributed by atoms with Crippen molar-refractivity contribution in [2.45, 2.75) is 38.6 Å². The van der Waals surface area contributed by atoms with E-state index in [1.807, 2.05) is 24.4 Å². The van der Waals surface area contributed by atoms with Crippen LogP contribution >= 0.6 is 24.0 Å². The van der Waals surface area contributed by atoms with Crippen LogP contribution < -0.4 is 15.5 Å². The van der Waals surface area contributed by atoms with Crippen LogP contribution in [0, 0.1) is 5.82 Å². The summed E-state index contributed by atoms with van der Waals surface area (Å²) in [6.45, 7) is 11.6. The van der Waals surface area contributed by atoms with E-state index >= 15 is 0 Å². The number of rotatable bonds is 8. The number of benzene rings is 1. The molecule has 0 unspecified atom stereocenters. The van der Waals surface area contributed by atoms with Crippen molar-refractivity contribution in [3.63, 3.8) is 0 Å². The van der Waals surface area contributed by atoms with Gasteiger partial charge < -0.3 is 20.4 Å². The first-order valence-electron chi connectivity index (χ1n) is 11.8. The first kappa shape index (κ1) is 25.7. The van der Waals surface area contributed by atoms with Gasteiger partial charge in [-0.1, -0.05) is 25.1 Å². The number of nitrogens with zero attached hydrogens (tertiary/aromatic N) is 4. The van der Waals surface area contributed by atoms with Gasteiger partial charge in [-0.25, -0.2) is 14.4 Å². The predicted octanol–water partition coefficient (Wildman–Crippen LogP) is 3.77. The molecule has 1 aromatic carbocycles. The number of anilines is 1. The topological polar surface area (TPSA) is 55.8 Å². The lowest BCUT2D eigenvalue weighted by Crippen LogP contribution is -2.46. The Morgan fingerprint density at radius 2 is 1.85 bits per heavy atom. The Morgan fingerprint density at radius 3 is 2.52 bits per heavy atom. The van der Waals surface area contributed by atoms with E-state index in [0.717, 1.165) is 75.0 Å². The number of pyridine rings is 1. The summed E-state index contributed by atoms with van der Waals surface area (Å²) in [5, 5.41) is 6.77. The van der Waals surface area contributed by atoms with Crippen molar-refractivity contribution in [1.82, 2.24) is 20.5 Å². The average Bonchev–Trinajstić information content (AvgIpc) is 3.62. The number of likely N-dealkylation sites (N-methyl/N-ethyl adjacent to an activating group) is 1. The third-order valence-electron chi connectivity index (χ3n) is 6.61. The van der Waals surface area contributed by atoms with Crippen molar-refractivity contribution < 1.29 is 4.39 Å². The molecule has 1 aromatic heterocycles. The Hall–Kier alpha value is -1.94. The van der Waals surface area contributed by atoms with E-state index < -0.39 is 0 Å². The molecular weight excluding hydrogens is 530 g/mol. The van der Waals surface area contributed by atoms with E-state index in [4.69, 9.17) is 4.99 Å².